The van der Waals surface area contributed by atoms with E-state index >= 15 is 0 Å². The van der Waals surface area contributed by atoms with Gasteiger partial charge < -0.3 is 0 Å². The first kappa shape index (κ1) is 13.1. The second-order valence-corrected chi connectivity index (χ2v) is 4.37. The third-order valence-electron chi connectivity index (χ3n) is 1.47. The summed E-state index contributed by atoms with van der Waals surface area (Å²) in [4.78, 5) is 3.08. The van der Waals surface area contributed by atoms with Crippen molar-refractivity contribution in [3.63, 3.8) is 0 Å². The van der Waals surface area contributed by atoms with E-state index in [0.717, 1.165) is 0 Å². The molecule has 0 aliphatic carbocycles. The number of rotatable bonds is 1. The van der Waals surface area contributed by atoms with Crippen molar-refractivity contribution in [2.75, 3.05) is 0 Å². The zero-order valence-corrected chi connectivity index (χ0v) is 10.5. The number of hydrogen-bond acceptors (Lipinski definition) is 1. The van der Waals surface area contributed by atoms with E-state index in [1.54, 1.807) is 0 Å². The number of aromatic nitrogens is 1. The zero-order chi connectivity index (χ0) is 11.8. The Labute approximate surface area is 103 Å². The van der Waals surface area contributed by atoms with Gasteiger partial charge in [-0.1, -0.05) is 15.9 Å². The highest BCUT2D eigenvalue weighted by Gasteiger charge is 2.34. The Bertz CT molecular complexity index is 355. The van der Waals surface area contributed by atoms with Crippen molar-refractivity contribution in [1.29, 1.82) is 0 Å². The summed E-state index contributed by atoms with van der Waals surface area (Å²) in [5.74, 6) is 0. The van der Waals surface area contributed by atoms with Crippen LogP contribution in [0.4, 0.5) is 22.0 Å². The molecule has 15 heavy (non-hydrogen) atoms. The molecule has 1 aromatic rings. The van der Waals surface area contributed by atoms with Gasteiger partial charge in [-0.05, 0) is 28.7 Å². The molecule has 0 amide bonds. The molecule has 0 spiro atoms. The number of hydrogen-bond donors (Lipinski definition) is 0. The minimum Gasteiger partial charge on any atom is -0.237 e. The summed E-state index contributed by atoms with van der Waals surface area (Å²) in [5, 5.41) is 0. The lowest BCUT2D eigenvalue weighted by Crippen LogP contribution is -2.10. The van der Waals surface area contributed by atoms with Gasteiger partial charge in [-0.2, -0.15) is 13.2 Å². The predicted octanol–water partition coefficient (Wildman–Crippen LogP) is 4.41. The highest BCUT2D eigenvalue weighted by molar-refractivity contribution is 14.1. The van der Waals surface area contributed by atoms with Crippen LogP contribution in [-0.4, -0.2) is 4.98 Å². The molecule has 1 heterocycles. The lowest BCUT2D eigenvalue weighted by molar-refractivity contribution is -0.141. The molecule has 0 aliphatic heterocycles. The Balaban J connectivity index is 3.32. The number of pyridine rings is 1. The fourth-order valence-electron chi connectivity index (χ4n) is 0.834. The quantitative estimate of drug-likeness (QED) is 0.386. The fraction of sp³-hybridized carbons (Fsp3) is 0.286. The van der Waals surface area contributed by atoms with Crippen LogP contribution >= 0.6 is 38.5 Å². The average molecular weight is 402 g/mol. The van der Waals surface area contributed by atoms with Gasteiger partial charge in [0.05, 0.1) is 5.56 Å². The molecule has 8 heteroatoms. The van der Waals surface area contributed by atoms with Gasteiger partial charge in [-0.25, -0.2) is 13.8 Å². The molecule has 0 aromatic carbocycles. The van der Waals surface area contributed by atoms with E-state index in [1.165, 1.54) is 22.6 Å². The molecule has 84 valence electrons. The molecule has 0 fully saturated rings. The molecule has 0 atom stereocenters. The molecule has 0 saturated heterocycles. The topological polar surface area (TPSA) is 12.9 Å². The fourth-order valence-corrected chi connectivity index (χ4v) is 2.57. The SMILES string of the molecule is FC(F)c1c(Br)cc(C(F)(F)F)nc1I. The van der Waals surface area contributed by atoms with E-state index in [9.17, 15) is 22.0 Å². The van der Waals surface area contributed by atoms with Crippen LogP contribution < -0.4 is 0 Å². The van der Waals surface area contributed by atoms with Crippen LogP contribution in [0.1, 0.15) is 17.7 Å². The van der Waals surface area contributed by atoms with Crippen LogP contribution in [-0.2, 0) is 6.18 Å². The predicted molar refractivity (Wildman–Crippen MR) is 54.6 cm³/mol. The van der Waals surface area contributed by atoms with Crippen LogP contribution in [0.3, 0.4) is 0 Å². The van der Waals surface area contributed by atoms with Crippen molar-refractivity contribution < 1.29 is 22.0 Å². The lowest BCUT2D eigenvalue weighted by Gasteiger charge is -2.10. The minimum atomic E-state index is -4.64. The monoisotopic (exact) mass is 401 g/mol. The first-order valence-corrected chi connectivity index (χ1v) is 5.32. The van der Waals surface area contributed by atoms with Crippen molar-refractivity contribution in [3.05, 3.63) is 25.5 Å². The van der Waals surface area contributed by atoms with Crippen LogP contribution in [0.15, 0.2) is 10.5 Å². The van der Waals surface area contributed by atoms with Crippen molar-refractivity contribution in [3.8, 4) is 0 Å². The van der Waals surface area contributed by atoms with Gasteiger partial charge in [-0.15, -0.1) is 0 Å². The van der Waals surface area contributed by atoms with Crippen molar-refractivity contribution in [2.24, 2.45) is 0 Å². The molecule has 0 bridgehead atoms. The third kappa shape index (κ3) is 2.99. The highest BCUT2D eigenvalue weighted by Crippen LogP contribution is 2.35. The molecule has 1 rings (SSSR count). The van der Waals surface area contributed by atoms with E-state index in [1.807, 2.05) is 0 Å². The minimum absolute atomic E-state index is 0.288. The highest BCUT2D eigenvalue weighted by atomic mass is 127. The van der Waals surface area contributed by atoms with Crippen LogP contribution in [0, 0.1) is 3.70 Å². The maximum absolute atomic E-state index is 12.4. The molecular weight excluding hydrogens is 400 g/mol. The number of alkyl halides is 5. The Morgan fingerprint density at radius 3 is 2.20 bits per heavy atom. The van der Waals surface area contributed by atoms with E-state index in [2.05, 4.69) is 20.9 Å². The Hall–Kier alpha value is 0.01000. The second-order valence-electron chi connectivity index (χ2n) is 2.49. The van der Waals surface area contributed by atoms with Crippen LogP contribution in [0.25, 0.3) is 0 Å². The zero-order valence-electron chi connectivity index (χ0n) is 6.75. The van der Waals surface area contributed by atoms with Crippen molar-refractivity contribution in [2.45, 2.75) is 12.6 Å². The second kappa shape index (κ2) is 4.48. The van der Waals surface area contributed by atoms with E-state index in [-0.39, 0.29) is 8.17 Å². The van der Waals surface area contributed by atoms with Gasteiger partial charge in [0.15, 0.2) is 0 Å². The van der Waals surface area contributed by atoms with Gasteiger partial charge in [-0.3, -0.25) is 0 Å². The summed E-state index contributed by atoms with van der Waals surface area (Å²) >= 11 is 4.01. The third-order valence-corrected chi connectivity index (χ3v) is 2.95. The van der Waals surface area contributed by atoms with Gasteiger partial charge >= 0.3 is 6.18 Å². The Morgan fingerprint density at radius 2 is 1.87 bits per heavy atom. The van der Waals surface area contributed by atoms with E-state index < -0.39 is 23.9 Å². The molecule has 1 nitrogen and oxygen atoms in total. The molecular formula is C7H2BrF5IN. The molecule has 0 saturated carbocycles. The summed E-state index contributed by atoms with van der Waals surface area (Å²) < 4.78 is 60.7. The molecule has 1 aromatic heterocycles. The number of halogens is 7. The maximum atomic E-state index is 12.4. The summed E-state index contributed by atoms with van der Waals surface area (Å²) in [5.41, 5.74) is -1.72. The largest absolute Gasteiger partial charge is 0.433 e. The summed E-state index contributed by atoms with van der Waals surface area (Å²) in [7, 11) is 0. The van der Waals surface area contributed by atoms with Gasteiger partial charge in [0.1, 0.15) is 9.39 Å². The lowest BCUT2D eigenvalue weighted by atomic mass is 10.2. The summed E-state index contributed by atoms with van der Waals surface area (Å²) in [6.07, 6.45) is -7.50. The average Bonchev–Trinajstić information content (AvgIpc) is 1.99. The standard InChI is InChI=1S/C7H2BrF5IN/c8-2-1-3(7(11,12)13)15-6(14)4(2)5(9)10/h1,5H. The first-order chi connectivity index (χ1) is 6.73. The Morgan fingerprint density at radius 1 is 1.33 bits per heavy atom. The Kier molecular flexibility index (Phi) is 3.90. The maximum Gasteiger partial charge on any atom is 0.433 e. The van der Waals surface area contributed by atoms with E-state index in [4.69, 9.17) is 0 Å². The van der Waals surface area contributed by atoms with Gasteiger partial charge in [0.2, 0.25) is 0 Å². The first-order valence-electron chi connectivity index (χ1n) is 3.44. The van der Waals surface area contributed by atoms with Crippen molar-refractivity contribution >= 4 is 38.5 Å². The van der Waals surface area contributed by atoms with Gasteiger partial charge in [0, 0.05) is 4.47 Å². The molecule has 0 N–H and O–H groups in total. The molecule has 0 radical (unpaired) electrons. The normalized spacial score (nSPS) is 12.3. The van der Waals surface area contributed by atoms with Crippen LogP contribution in [0.5, 0.6) is 0 Å². The molecule has 0 aliphatic rings. The smallest absolute Gasteiger partial charge is 0.237 e. The summed E-state index contributed by atoms with van der Waals surface area (Å²) in [6, 6.07) is 0.545. The van der Waals surface area contributed by atoms with Gasteiger partial charge in [0.25, 0.3) is 6.43 Å². The van der Waals surface area contributed by atoms with Crippen LogP contribution in [0.2, 0.25) is 0 Å². The molecule has 0 unspecified atom stereocenters. The van der Waals surface area contributed by atoms with Crippen molar-refractivity contribution in [1.82, 2.24) is 4.98 Å². The summed E-state index contributed by atoms with van der Waals surface area (Å²) in [6.45, 7) is 0. The van der Waals surface area contributed by atoms with E-state index in [0.29, 0.717) is 6.07 Å². The number of nitrogens with zero attached hydrogens (tertiary/aromatic N) is 1.